The second kappa shape index (κ2) is 12.2. The van der Waals surface area contributed by atoms with Gasteiger partial charge in [-0.2, -0.15) is 4.80 Å². The number of pyridine rings is 1. The summed E-state index contributed by atoms with van der Waals surface area (Å²) in [6.07, 6.45) is 3.70. The van der Waals surface area contributed by atoms with Crippen LogP contribution in [0.25, 0.3) is 83.1 Å². The van der Waals surface area contributed by atoms with Crippen molar-refractivity contribution in [2.24, 2.45) is 0 Å². The normalized spacial score (nSPS) is 11.3. The number of fused-ring (bicyclic) bond motifs is 3. The predicted octanol–water partition coefficient (Wildman–Crippen LogP) is 11.3. The molecule has 0 radical (unpaired) electrons. The first-order chi connectivity index (χ1) is 24.3. The van der Waals surface area contributed by atoms with Crippen LogP contribution in [0, 0.1) is 0 Å². The van der Waals surface area contributed by atoms with E-state index in [0.717, 1.165) is 60.9 Å². The summed E-state index contributed by atoms with van der Waals surface area (Å²) in [5.41, 5.74) is 14.2. The molecule has 7 aromatic carbocycles. The van der Waals surface area contributed by atoms with Gasteiger partial charge in [0.1, 0.15) is 11.0 Å². The average molecular weight is 627 g/mol. The lowest BCUT2D eigenvalue weighted by atomic mass is 9.91. The zero-order valence-corrected chi connectivity index (χ0v) is 26.6. The Balaban J connectivity index is 1.14. The molecule has 4 nitrogen and oxygen atoms in total. The van der Waals surface area contributed by atoms with E-state index in [1.54, 1.807) is 11.0 Å². The van der Waals surface area contributed by atoms with Crippen LogP contribution in [0.4, 0.5) is 0 Å². The van der Waals surface area contributed by atoms with Crippen molar-refractivity contribution >= 4 is 21.8 Å². The topological polar surface area (TPSA) is 43.6 Å². The minimum atomic E-state index is 0.855. The Hall–Kier alpha value is -6.65. The Bertz CT molecular complexity index is 2520. The first-order valence-electron chi connectivity index (χ1n) is 16.4. The number of hydrogen-bond donors (Lipinski definition) is 0. The van der Waals surface area contributed by atoms with Crippen LogP contribution in [0.15, 0.2) is 182 Å². The summed E-state index contributed by atoms with van der Waals surface area (Å²) in [7, 11) is 0. The van der Waals surface area contributed by atoms with E-state index in [2.05, 4.69) is 169 Å². The highest BCUT2D eigenvalue weighted by Crippen LogP contribution is 2.38. The van der Waals surface area contributed by atoms with E-state index < -0.39 is 0 Å². The Morgan fingerprint density at radius 1 is 0.367 bits per heavy atom. The molecule has 0 saturated heterocycles. The van der Waals surface area contributed by atoms with E-state index in [1.165, 1.54) is 22.3 Å². The highest BCUT2D eigenvalue weighted by molar-refractivity contribution is 6.11. The van der Waals surface area contributed by atoms with Crippen molar-refractivity contribution in [2.45, 2.75) is 0 Å². The van der Waals surface area contributed by atoms with Gasteiger partial charge in [-0.05, 0) is 104 Å². The van der Waals surface area contributed by atoms with Gasteiger partial charge in [0.25, 0.3) is 0 Å². The molecule has 0 unspecified atom stereocenters. The number of hydrogen-bond acceptors (Lipinski definition) is 3. The molecule has 0 saturated carbocycles. The monoisotopic (exact) mass is 626 g/mol. The minimum absolute atomic E-state index is 0.855. The van der Waals surface area contributed by atoms with Crippen molar-refractivity contribution < 1.29 is 0 Å². The third-order valence-corrected chi connectivity index (χ3v) is 9.14. The lowest BCUT2D eigenvalue weighted by Gasteiger charge is -2.13. The number of nitrogens with zero attached hydrogens (tertiary/aromatic N) is 4. The van der Waals surface area contributed by atoms with Crippen LogP contribution in [0.5, 0.6) is 0 Å². The standard InChI is InChI=1S/C45H30N4/c1-3-11-31(12-4-1)37-26-38(32-13-5-2-6-14-32)28-39(27-37)43-29-44-45(42-19-8-7-18-41(42)43)48-49(47-44)40-22-20-33(21-23-40)34-15-9-16-35(25-34)36-17-10-24-46-30-36/h1-30H. The van der Waals surface area contributed by atoms with Gasteiger partial charge >= 0.3 is 0 Å². The average Bonchev–Trinajstić information content (AvgIpc) is 3.63. The summed E-state index contributed by atoms with van der Waals surface area (Å²) in [5.74, 6) is 0. The van der Waals surface area contributed by atoms with Crippen LogP contribution in [-0.4, -0.2) is 20.0 Å². The fraction of sp³-hybridized carbons (Fsp3) is 0. The quantitative estimate of drug-likeness (QED) is 0.184. The third kappa shape index (κ3) is 5.45. The van der Waals surface area contributed by atoms with E-state index in [0.29, 0.717) is 0 Å². The van der Waals surface area contributed by atoms with Crippen LogP contribution in [-0.2, 0) is 0 Å². The number of benzene rings is 7. The van der Waals surface area contributed by atoms with Gasteiger partial charge in [-0.3, -0.25) is 4.98 Å². The van der Waals surface area contributed by atoms with Gasteiger partial charge in [-0.1, -0.05) is 121 Å². The fourth-order valence-corrected chi connectivity index (χ4v) is 6.68. The van der Waals surface area contributed by atoms with E-state index in [4.69, 9.17) is 10.2 Å². The molecule has 2 heterocycles. The van der Waals surface area contributed by atoms with E-state index in [1.807, 2.05) is 12.3 Å². The minimum Gasteiger partial charge on any atom is -0.264 e. The molecular weight excluding hydrogens is 597 g/mol. The zero-order valence-electron chi connectivity index (χ0n) is 26.6. The Morgan fingerprint density at radius 3 is 1.59 bits per heavy atom. The van der Waals surface area contributed by atoms with Gasteiger partial charge in [0.2, 0.25) is 0 Å². The van der Waals surface area contributed by atoms with Crippen LogP contribution in [0.3, 0.4) is 0 Å². The summed E-state index contributed by atoms with van der Waals surface area (Å²) < 4.78 is 0. The summed E-state index contributed by atoms with van der Waals surface area (Å²) in [5, 5.41) is 12.3. The van der Waals surface area contributed by atoms with Gasteiger partial charge < -0.3 is 0 Å². The van der Waals surface area contributed by atoms with Crippen molar-refractivity contribution in [2.75, 3.05) is 0 Å². The SMILES string of the molecule is c1ccc(-c2cc(-c3ccccc3)cc(-c3cc4nn(-c5ccc(-c6cccc(-c7cccnc7)c6)cc5)nc4c4ccccc34)c2)cc1. The lowest BCUT2D eigenvalue weighted by molar-refractivity contribution is 0.766. The highest BCUT2D eigenvalue weighted by atomic mass is 15.5. The molecule has 0 fully saturated rings. The molecule has 0 N–H and O–H groups in total. The number of rotatable bonds is 6. The van der Waals surface area contributed by atoms with E-state index in [-0.39, 0.29) is 0 Å². The summed E-state index contributed by atoms with van der Waals surface area (Å²) >= 11 is 0. The maximum Gasteiger partial charge on any atom is 0.121 e. The smallest absolute Gasteiger partial charge is 0.121 e. The Morgan fingerprint density at radius 2 is 0.918 bits per heavy atom. The van der Waals surface area contributed by atoms with E-state index in [9.17, 15) is 0 Å². The molecule has 0 aliphatic heterocycles. The number of aromatic nitrogens is 4. The summed E-state index contributed by atoms with van der Waals surface area (Å²) in [6, 6.07) is 59.8. The molecule has 49 heavy (non-hydrogen) atoms. The fourth-order valence-electron chi connectivity index (χ4n) is 6.68. The van der Waals surface area contributed by atoms with Crippen LogP contribution in [0.1, 0.15) is 0 Å². The predicted molar refractivity (Wildman–Crippen MR) is 201 cm³/mol. The molecule has 2 aromatic heterocycles. The maximum atomic E-state index is 5.04. The van der Waals surface area contributed by atoms with Crippen LogP contribution >= 0.6 is 0 Å². The molecule has 0 amide bonds. The molecule has 0 aliphatic rings. The van der Waals surface area contributed by atoms with Crippen LogP contribution in [0.2, 0.25) is 0 Å². The molecule has 0 atom stereocenters. The van der Waals surface area contributed by atoms with Crippen molar-refractivity contribution in [1.29, 1.82) is 0 Å². The molecule has 0 bridgehead atoms. The molecule has 0 spiro atoms. The van der Waals surface area contributed by atoms with Gasteiger partial charge in [0, 0.05) is 23.3 Å². The summed E-state index contributed by atoms with van der Waals surface area (Å²) in [6.45, 7) is 0. The molecular formula is C45H30N4. The van der Waals surface area contributed by atoms with Crippen molar-refractivity contribution in [3.63, 3.8) is 0 Å². The van der Waals surface area contributed by atoms with Crippen LogP contribution < -0.4 is 0 Å². The highest BCUT2D eigenvalue weighted by Gasteiger charge is 2.16. The lowest BCUT2D eigenvalue weighted by Crippen LogP contribution is -1.98. The van der Waals surface area contributed by atoms with Crippen molar-refractivity contribution in [3.8, 4) is 61.3 Å². The Labute approximate surface area is 284 Å². The van der Waals surface area contributed by atoms with Gasteiger partial charge in [-0.15, -0.1) is 10.2 Å². The second-order valence-electron chi connectivity index (χ2n) is 12.2. The Kier molecular flexibility index (Phi) is 7.10. The molecule has 230 valence electrons. The largest absolute Gasteiger partial charge is 0.264 e. The van der Waals surface area contributed by atoms with Gasteiger partial charge in [0.05, 0.1) is 5.69 Å². The molecule has 9 rings (SSSR count). The summed E-state index contributed by atoms with van der Waals surface area (Å²) in [4.78, 5) is 6.04. The second-order valence-corrected chi connectivity index (χ2v) is 12.2. The molecule has 9 aromatic rings. The van der Waals surface area contributed by atoms with Crippen molar-refractivity contribution in [3.05, 3.63) is 182 Å². The molecule has 0 aliphatic carbocycles. The van der Waals surface area contributed by atoms with Gasteiger partial charge in [0.15, 0.2) is 0 Å². The zero-order chi connectivity index (χ0) is 32.6. The van der Waals surface area contributed by atoms with E-state index >= 15 is 0 Å². The maximum absolute atomic E-state index is 5.04. The first kappa shape index (κ1) is 28.6. The first-order valence-corrected chi connectivity index (χ1v) is 16.4. The molecule has 4 heteroatoms. The van der Waals surface area contributed by atoms with Crippen molar-refractivity contribution in [1.82, 2.24) is 20.0 Å². The third-order valence-electron chi connectivity index (χ3n) is 9.14. The van der Waals surface area contributed by atoms with Gasteiger partial charge in [-0.25, -0.2) is 0 Å².